The van der Waals surface area contributed by atoms with Crippen molar-refractivity contribution in [1.82, 2.24) is 14.4 Å². The SMILES string of the molecule is CC(C)Oc1cc2nc(C34CCOC(C)(C3)C4)cn2cc1CC(=O)c1cccc(C(F)F)n1. The summed E-state index contributed by atoms with van der Waals surface area (Å²) in [5, 5.41) is 0. The molecule has 3 fully saturated rings. The average Bonchev–Trinajstić information content (AvgIpc) is 3.16. The van der Waals surface area contributed by atoms with E-state index < -0.39 is 12.1 Å². The molecule has 0 unspecified atom stereocenters. The topological polar surface area (TPSA) is 65.7 Å². The predicted octanol–water partition coefficient (Wildman–Crippen LogP) is 5.09. The van der Waals surface area contributed by atoms with Crippen LogP contribution in [0.2, 0.25) is 0 Å². The number of ketones is 1. The lowest BCUT2D eigenvalue weighted by Crippen LogP contribution is -2.59. The first-order valence-corrected chi connectivity index (χ1v) is 11.3. The molecular formula is C25H27F2N3O3. The lowest BCUT2D eigenvalue weighted by atomic mass is 9.55. The molecular weight excluding hydrogens is 428 g/mol. The fourth-order valence-corrected chi connectivity index (χ4v) is 5.26. The second-order valence-corrected chi connectivity index (χ2v) is 9.75. The fraction of sp³-hybridized carbons (Fsp3) is 0.480. The molecule has 0 N–H and O–H groups in total. The van der Waals surface area contributed by atoms with Crippen LogP contribution in [0.5, 0.6) is 5.75 Å². The van der Waals surface area contributed by atoms with Gasteiger partial charge in [0.15, 0.2) is 5.78 Å². The van der Waals surface area contributed by atoms with Crippen molar-refractivity contribution in [3.8, 4) is 5.75 Å². The third-order valence-electron chi connectivity index (χ3n) is 6.63. The Balaban J connectivity index is 1.48. The lowest BCUT2D eigenvalue weighted by molar-refractivity contribution is -0.182. The standard InChI is InChI=1S/C25H27F2N3O3/c1-15(2)33-20-10-22-29-21(25-7-8-32-24(3,13-25)14-25)12-30(22)11-16(20)9-19(31)17-5-4-6-18(28-17)23(26)27/h4-6,10-12,15,23H,7-9,13-14H2,1-3H3. The van der Waals surface area contributed by atoms with E-state index in [4.69, 9.17) is 14.5 Å². The van der Waals surface area contributed by atoms with Gasteiger partial charge in [-0.15, -0.1) is 0 Å². The summed E-state index contributed by atoms with van der Waals surface area (Å²) in [6.45, 7) is 6.71. The summed E-state index contributed by atoms with van der Waals surface area (Å²) in [7, 11) is 0. The molecule has 2 saturated heterocycles. The number of nitrogens with zero attached hydrogens (tertiary/aromatic N) is 3. The van der Waals surface area contributed by atoms with Crippen molar-refractivity contribution in [3.05, 3.63) is 59.3 Å². The van der Waals surface area contributed by atoms with E-state index in [1.165, 1.54) is 18.2 Å². The monoisotopic (exact) mass is 455 g/mol. The molecule has 5 heterocycles. The van der Waals surface area contributed by atoms with Gasteiger partial charge in [-0.05, 0) is 52.2 Å². The van der Waals surface area contributed by atoms with Crippen molar-refractivity contribution in [2.24, 2.45) is 0 Å². The number of alkyl halides is 2. The number of carbonyl (C=O) groups is 1. The van der Waals surface area contributed by atoms with Gasteiger partial charge in [0.2, 0.25) is 0 Å². The zero-order valence-corrected chi connectivity index (χ0v) is 19.0. The van der Waals surface area contributed by atoms with Gasteiger partial charge in [0.25, 0.3) is 6.43 Å². The number of Topliss-reactive ketones (excluding diaryl/α,β-unsaturated/α-hetero) is 1. The van der Waals surface area contributed by atoms with Crippen molar-refractivity contribution in [2.75, 3.05) is 6.61 Å². The van der Waals surface area contributed by atoms with Gasteiger partial charge in [-0.3, -0.25) is 4.79 Å². The minimum Gasteiger partial charge on any atom is -0.491 e. The average molecular weight is 456 g/mol. The van der Waals surface area contributed by atoms with Crippen LogP contribution in [0.25, 0.3) is 5.65 Å². The molecule has 0 spiro atoms. The Morgan fingerprint density at radius 3 is 2.73 bits per heavy atom. The first kappa shape index (κ1) is 21.9. The number of imidazole rings is 1. The smallest absolute Gasteiger partial charge is 0.280 e. The van der Waals surface area contributed by atoms with E-state index in [0.29, 0.717) is 11.3 Å². The zero-order chi connectivity index (χ0) is 23.4. The van der Waals surface area contributed by atoms with Crippen LogP contribution in [-0.2, 0) is 16.6 Å². The number of ether oxygens (including phenoxy) is 2. The van der Waals surface area contributed by atoms with Crippen LogP contribution in [0.4, 0.5) is 8.78 Å². The van der Waals surface area contributed by atoms with Crippen LogP contribution in [-0.4, -0.2) is 38.5 Å². The molecule has 33 heavy (non-hydrogen) atoms. The number of halogens is 2. The number of rotatable bonds is 7. The molecule has 0 aromatic carbocycles. The quantitative estimate of drug-likeness (QED) is 0.465. The molecule has 6 nitrogen and oxygen atoms in total. The van der Waals surface area contributed by atoms with Gasteiger partial charge in [0, 0.05) is 42.5 Å². The van der Waals surface area contributed by atoms with E-state index in [0.717, 1.165) is 37.2 Å². The fourth-order valence-electron chi connectivity index (χ4n) is 5.26. The highest BCUT2D eigenvalue weighted by Gasteiger charge is 2.57. The third kappa shape index (κ3) is 4.01. The summed E-state index contributed by atoms with van der Waals surface area (Å²) in [5.41, 5.74) is 2.04. The maximum atomic E-state index is 13.0. The van der Waals surface area contributed by atoms with Crippen LogP contribution >= 0.6 is 0 Å². The van der Waals surface area contributed by atoms with E-state index in [-0.39, 0.29) is 35.0 Å². The van der Waals surface area contributed by atoms with Gasteiger partial charge in [0.05, 0.1) is 17.4 Å². The van der Waals surface area contributed by atoms with E-state index in [2.05, 4.69) is 11.9 Å². The van der Waals surface area contributed by atoms with E-state index in [1.807, 2.05) is 36.7 Å². The Morgan fingerprint density at radius 2 is 2.03 bits per heavy atom. The first-order chi connectivity index (χ1) is 15.7. The predicted molar refractivity (Wildman–Crippen MR) is 118 cm³/mol. The van der Waals surface area contributed by atoms with Crippen molar-refractivity contribution < 1.29 is 23.0 Å². The Kier molecular flexibility index (Phi) is 5.23. The van der Waals surface area contributed by atoms with Gasteiger partial charge in [-0.25, -0.2) is 18.7 Å². The number of hydrogen-bond donors (Lipinski definition) is 0. The van der Waals surface area contributed by atoms with Gasteiger partial charge in [0.1, 0.15) is 22.8 Å². The van der Waals surface area contributed by atoms with Gasteiger partial charge in [-0.1, -0.05) is 6.07 Å². The van der Waals surface area contributed by atoms with Crippen LogP contribution in [0.15, 0.2) is 36.7 Å². The molecule has 1 saturated carbocycles. The highest BCUT2D eigenvalue weighted by molar-refractivity contribution is 5.96. The summed E-state index contributed by atoms with van der Waals surface area (Å²) in [4.78, 5) is 21.6. The summed E-state index contributed by atoms with van der Waals surface area (Å²) < 4.78 is 39.9. The van der Waals surface area contributed by atoms with Crippen molar-refractivity contribution >= 4 is 11.4 Å². The summed E-state index contributed by atoms with van der Waals surface area (Å²) in [5.74, 6) is 0.222. The lowest BCUT2D eigenvalue weighted by Gasteiger charge is -2.58. The second-order valence-electron chi connectivity index (χ2n) is 9.75. The zero-order valence-electron chi connectivity index (χ0n) is 19.0. The maximum Gasteiger partial charge on any atom is 0.280 e. The minimum absolute atomic E-state index is 0.0117. The molecule has 1 aliphatic carbocycles. The third-order valence-corrected chi connectivity index (χ3v) is 6.63. The summed E-state index contributed by atoms with van der Waals surface area (Å²) >= 11 is 0. The molecule has 3 aliphatic rings. The maximum absolute atomic E-state index is 13.0. The Bertz CT molecular complexity index is 1210. The Labute approximate surface area is 190 Å². The molecule has 174 valence electrons. The van der Waals surface area contributed by atoms with Gasteiger partial charge in [-0.2, -0.15) is 0 Å². The van der Waals surface area contributed by atoms with Crippen LogP contribution in [0.1, 0.15) is 73.9 Å². The Hall–Kier alpha value is -2.87. The molecule has 3 aromatic heterocycles. The summed E-state index contributed by atoms with van der Waals surface area (Å²) in [6.07, 6.45) is 3.90. The van der Waals surface area contributed by atoms with Crippen molar-refractivity contribution in [1.29, 1.82) is 0 Å². The molecule has 6 rings (SSSR count). The van der Waals surface area contributed by atoms with Gasteiger partial charge < -0.3 is 13.9 Å². The molecule has 0 atom stereocenters. The highest BCUT2D eigenvalue weighted by atomic mass is 19.3. The number of aromatic nitrogens is 3. The normalized spacial score (nSPS) is 24.3. The highest BCUT2D eigenvalue weighted by Crippen LogP contribution is 2.57. The van der Waals surface area contributed by atoms with Crippen molar-refractivity contribution in [3.63, 3.8) is 0 Å². The number of pyridine rings is 2. The second kappa shape index (κ2) is 7.87. The van der Waals surface area contributed by atoms with Crippen LogP contribution < -0.4 is 4.74 Å². The first-order valence-electron chi connectivity index (χ1n) is 11.3. The van der Waals surface area contributed by atoms with Crippen molar-refractivity contribution in [2.45, 2.75) is 70.0 Å². The summed E-state index contributed by atoms with van der Waals surface area (Å²) in [6, 6.07) is 5.96. The number of hydrogen-bond acceptors (Lipinski definition) is 5. The molecule has 0 amide bonds. The van der Waals surface area contributed by atoms with Crippen LogP contribution in [0, 0.1) is 0 Å². The number of fused-ring (bicyclic) bond motifs is 3. The van der Waals surface area contributed by atoms with E-state index in [9.17, 15) is 13.6 Å². The van der Waals surface area contributed by atoms with Gasteiger partial charge >= 0.3 is 0 Å². The van der Waals surface area contributed by atoms with E-state index in [1.54, 1.807) is 0 Å². The minimum atomic E-state index is -2.73. The largest absolute Gasteiger partial charge is 0.491 e. The van der Waals surface area contributed by atoms with E-state index >= 15 is 0 Å². The molecule has 8 heteroatoms. The Morgan fingerprint density at radius 1 is 1.24 bits per heavy atom. The van der Waals surface area contributed by atoms with Crippen LogP contribution in [0.3, 0.4) is 0 Å². The molecule has 2 bridgehead atoms. The molecule has 2 aliphatic heterocycles. The molecule has 0 radical (unpaired) electrons. The number of carbonyl (C=O) groups excluding carboxylic acids is 1. The molecule has 3 aromatic rings.